The van der Waals surface area contributed by atoms with Gasteiger partial charge in [0.1, 0.15) is 19.1 Å². The number of aromatic amines is 1. The Hall–Kier alpha value is -1.62. The summed E-state index contributed by atoms with van der Waals surface area (Å²) in [5.41, 5.74) is 0.580. The van der Waals surface area contributed by atoms with E-state index in [0.29, 0.717) is 24.4 Å². The number of nitrogens with one attached hydrogen (secondary N) is 2. The van der Waals surface area contributed by atoms with E-state index in [4.69, 9.17) is 4.11 Å². The van der Waals surface area contributed by atoms with Crippen LogP contribution in [0.2, 0.25) is 0 Å². The Morgan fingerprint density at radius 2 is 2.44 bits per heavy atom. The van der Waals surface area contributed by atoms with Crippen LogP contribution in [0.15, 0.2) is 18.6 Å². The normalized spacial score (nSPS) is 34.9. The molecule has 0 bridgehead atoms. The number of anilines is 1. The number of hydrogen-bond donors (Lipinski definition) is 2. The van der Waals surface area contributed by atoms with E-state index in [9.17, 15) is 0 Å². The molecule has 2 aromatic heterocycles. The van der Waals surface area contributed by atoms with Crippen LogP contribution in [0.1, 0.15) is 17.5 Å². The van der Waals surface area contributed by atoms with Gasteiger partial charge in [0.25, 0.3) is 0 Å². The Balaban J connectivity index is 2.11. The largest absolute Gasteiger partial charge is 0.354 e. The van der Waals surface area contributed by atoms with Crippen molar-refractivity contribution in [1.29, 1.82) is 0 Å². The van der Waals surface area contributed by atoms with Crippen molar-refractivity contribution >= 4 is 16.9 Å². The summed E-state index contributed by atoms with van der Waals surface area (Å²) in [5, 5.41) is 3.96. The van der Waals surface area contributed by atoms with Crippen LogP contribution in [0.3, 0.4) is 0 Å². The van der Waals surface area contributed by atoms with Crippen LogP contribution in [0, 0.1) is 5.89 Å². The van der Waals surface area contributed by atoms with Crippen molar-refractivity contribution in [2.75, 3.05) is 25.0 Å². The summed E-state index contributed by atoms with van der Waals surface area (Å²) in [5.74, 6) is -0.411. The van der Waals surface area contributed by atoms with E-state index < -0.39 is 11.9 Å². The summed E-state index contributed by atoms with van der Waals surface area (Å²) >= 11 is 0. The number of nitrogens with zero attached hydrogens (tertiary/aromatic N) is 3. The second-order valence-corrected chi connectivity index (χ2v) is 4.60. The fourth-order valence-electron chi connectivity index (χ4n) is 2.38. The van der Waals surface area contributed by atoms with E-state index in [2.05, 4.69) is 20.3 Å². The molecule has 96 valence electrons. The Morgan fingerprint density at radius 3 is 3.28 bits per heavy atom. The highest BCUT2D eigenvalue weighted by atomic mass is 15.2. The summed E-state index contributed by atoms with van der Waals surface area (Å²) in [6, 6.07) is 0.678. The van der Waals surface area contributed by atoms with Crippen molar-refractivity contribution in [3.63, 3.8) is 0 Å². The van der Waals surface area contributed by atoms with E-state index in [1.54, 1.807) is 25.1 Å². The average Bonchev–Trinajstić information content (AvgIpc) is 2.88. The predicted molar refractivity (Wildman–Crippen MR) is 72.7 cm³/mol. The topological polar surface area (TPSA) is 56.8 Å². The Bertz CT molecular complexity index is 671. The molecule has 1 saturated heterocycles. The fraction of sp³-hybridized carbons (Fsp3) is 0.538. The number of aromatic nitrogens is 3. The molecular weight excluding hydrogens is 226 g/mol. The minimum absolute atomic E-state index is 0.0918. The summed E-state index contributed by atoms with van der Waals surface area (Å²) in [6.07, 6.45) is 2.24. The average molecular weight is 248 g/mol. The number of rotatable bonds is 2. The number of piperidine rings is 1. The zero-order valence-electron chi connectivity index (χ0n) is 13.6. The van der Waals surface area contributed by atoms with Crippen LogP contribution >= 0.6 is 0 Å². The third kappa shape index (κ3) is 1.84. The molecule has 0 amide bonds. The van der Waals surface area contributed by atoms with E-state index in [-0.39, 0.29) is 6.30 Å². The minimum Gasteiger partial charge on any atom is -0.354 e. The standard InChI is InChI=1S/C13H19N5/c1-9-3-5-14-7-11(9)18(2)13-10-4-6-15-12(10)16-8-17-13/h4,6,8-9,11,14H,3,5,7H2,1-2H3,(H,15,16,17)/t9-,11-/m0/s1/i8D,9D,11D. The summed E-state index contributed by atoms with van der Waals surface area (Å²) in [7, 11) is 1.76. The van der Waals surface area contributed by atoms with Gasteiger partial charge in [0.15, 0.2) is 0 Å². The third-order valence-corrected chi connectivity index (χ3v) is 3.47. The SMILES string of the molecule is [2H]c1nc(N(C)[C@@]2([2H])CNCC[C@]2([2H])C)c2cc[nH]c2n1. The van der Waals surface area contributed by atoms with E-state index in [0.717, 1.165) is 11.9 Å². The maximum atomic E-state index is 8.81. The molecule has 18 heavy (non-hydrogen) atoms. The fourth-order valence-corrected chi connectivity index (χ4v) is 2.38. The van der Waals surface area contributed by atoms with Gasteiger partial charge in [-0.3, -0.25) is 0 Å². The lowest BCUT2D eigenvalue weighted by atomic mass is 9.93. The molecular formula is C13H19N5. The molecule has 1 fully saturated rings. The highest BCUT2D eigenvalue weighted by Gasteiger charge is 2.26. The maximum absolute atomic E-state index is 8.81. The lowest BCUT2D eigenvalue weighted by Crippen LogP contribution is -2.49. The van der Waals surface area contributed by atoms with E-state index in [1.807, 2.05) is 6.07 Å². The molecule has 0 spiro atoms. The molecule has 0 aliphatic carbocycles. The zero-order valence-corrected chi connectivity index (χ0v) is 10.6. The van der Waals surface area contributed by atoms with Gasteiger partial charge in [-0.1, -0.05) is 6.92 Å². The Kier molecular flexibility index (Phi) is 2.15. The number of fused-ring (bicyclic) bond motifs is 1. The minimum atomic E-state index is -1.16. The third-order valence-electron chi connectivity index (χ3n) is 3.47. The Labute approximate surface area is 111 Å². The molecule has 1 aliphatic heterocycles. The van der Waals surface area contributed by atoms with E-state index in [1.165, 1.54) is 0 Å². The predicted octanol–water partition coefficient (Wildman–Crippen LogP) is 1.39. The Morgan fingerprint density at radius 1 is 1.56 bits per heavy atom. The second kappa shape index (κ2) is 4.57. The van der Waals surface area contributed by atoms with Gasteiger partial charge in [-0.15, -0.1) is 0 Å². The molecule has 1 aliphatic rings. The molecule has 3 rings (SSSR count). The van der Waals surface area contributed by atoms with E-state index >= 15 is 0 Å². The summed E-state index contributed by atoms with van der Waals surface area (Å²) < 4.78 is 25.1. The monoisotopic (exact) mass is 248 g/mol. The maximum Gasteiger partial charge on any atom is 0.142 e. The first-order valence-corrected chi connectivity index (χ1v) is 6.11. The van der Waals surface area contributed by atoms with Crippen molar-refractivity contribution in [3.8, 4) is 0 Å². The number of likely N-dealkylation sites (N-methyl/N-ethyl adjacent to an activating group) is 1. The number of H-pyrrole nitrogens is 1. The van der Waals surface area contributed by atoms with Gasteiger partial charge in [0.05, 0.1) is 6.76 Å². The van der Waals surface area contributed by atoms with Crippen LogP contribution in [0.25, 0.3) is 11.0 Å². The summed E-state index contributed by atoms with van der Waals surface area (Å²) in [4.78, 5) is 12.9. The van der Waals surface area contributed by atoms with Gasteiger partial charge < -0.3 is 15.2 Å². The lowest BCUT2D eigenvalue weighted by molar-refractivity contribution is 0.338. The summed E-state index contributed by atoms with van der Waals surface area (Å²) in [6.45, 7) is 2.91. The van der Waals surface area contributed by atoms with Crippen LogP contribution in [0.4, 0.5) is 5.82 Å². The molecule has 3 heterocycles. The van der Waals surface area contributed by atoms with Gasteiger partial charge >= 0.3 is 0 Å². The van der Waals surface area contributed by atoms with Crippen LogP contribution < -0.4 is 10.2 Å². The molecule has 0 unspecified atom stereocenters. The lowest BCUT2D eigenvalue weighted by Gasteiger charge is -2.37. The van der Waals surface area contributed by atoms with Gasteiger partial charge in [-0.05, 0) is 24.9 Å². The van der Waals surface area contributed by atoms with Gasteiger partial charge in [-0.25, -0.2) is 9.97 Å². The quantitative estimate of drug-likeness (QED) is 0.843. The van der Waals surface area contributed by atoms with Crippen molar-refractivity contribution in [2.45, 2.75) is 19.4 Å². The number of hydrogen-bond acceptors (Lipinski definition) is 4. The van der Waals surface area contributed by atoms with Crippen LogP contribution in [0.5, 0.6) is 0 Å². The van der Waals surface area contributed by atoms with Crippen molar-refractivity contribution < 1.29 is 4.11 Å². The molecule has 5 heteroatoms. The van der Waals surface area contributed by atoms with Crippen molar-refractivity contribution in [2.24, 2.45) is 5.89 Å². The van der Waals surface area contributed by atoms with Gasteiger partial charge in [-0.2, -0.15) is 0 Å². The second-order valence-electron chi connectivity index (χ2n) is 4.60. The van der Waals surface area contributed by atoms with Gasteiger partial charge in [0, 0.05) is 27.2 Å². The van der Waals surface area contributed by atoms with Crippen LogP contribution in [-0.2, 0) is 0 Å². The first kappa shape index (κ1) is 8.48. The molecule has 5 nitrogen and oxygen atoms in total. The molecule has 2 aromatic rings. The van der Waals surface area contributed by atoms with Crippen molar-refractivity contribution in [3.05, 3.63) is 18.6 Å². The first-order valence-electron chi connectivity index (χ1n) is 7.61. The first-order chi connectivity index (χ1) is 9.85. The highest BCUT2D eigenvalue weighted by molar-refractivity contribution is 5.87. The molecule has 0 saturated carbocycles. The van der Waals surface area contributed by atoms with Crippen molar-refractivity contribution in [1.82, 2.24) is 20.3 Å². The molecule has 2 atom stereocenters. The smallest absolute Gasteiger partial charge is 0.142 e. The molecule has 0 radical (unpaired) electrons. The highest BCUT2D eigenvalue weighted by Crippen LogP contribution is 2.26. The van der Waals surface area contributed by atoms with Gasteiger partial charge in [0.2, 0.25) is 0 Å². The molecule has 0 aromatic carbocycles. The zero-order chi connectivity index (χ0) is 15.3. The van der Waals surface area contributed by atoms with Crippen LogP contribution in [-0.4, -0.2) is 41.1 Å². The molecule has 2 N–H and O–H groups in total.